The first-order valence-corrected chi connectivity index (χ1v) is 17.4. The number of fused-ring (bicyclic) bond motifs is 1. The number of hydrogen-bond acceptors (Lipinski definition) is 12. The van der Waals surface area contributed by atoms with E-state index in [1.165, 1.54) is 23.0 Å². The van der Waals surface area contributed by atoms with Gasteiger partial charge in [-0.05, 0) is 42.7 Å². The number of rotatable bonds is 10. The van der Waals surface area contributed by atoms with Crippen molar-refractivity contribution in [3.63, 3.8) is 0 Å². The van der Waals surface area contributed by atoms with Crippen LogP contribution in [-0.4, -0.2) is 93.6 Å². The van der Waals surface area contributed by atoms with Gasteiger partial charge in [0.1, 0.15) is 22.9 Å². The number of nitrogens with zero attached hydrogens (tertiary/aromatic N) is 7. The summed E-state index contributed by atoms with van der Waals surface area (Å²) in [7, 11) is 2.82. The number of carbonyl (C=O) groups excluding carboxylic acids is 4. The molecule has 2 aromatic carbocycles. The van der Waals surface area contributed by atoms with Gasteiger partial charge in [0.2, 0.25) is 17.7 Å². The van der Waals surface area contributed by atoms with Crippen molar-refractivity contribution in [3.8, 4) is 17.4 Å². The fourth-order valence-corrected chi connectivity index (χ4v) is 6.56. The Kier molecular flexibility index (Phi) is 10.4. The molecule has 7 rings (SSSR count). The monoisotopic (exact) mass is 778 g/mol. The standard InChI is InChI=1S/C36H34F4N10O6/c1-48-17-19-4-3-5-26(30(19)33(48)53)56-32-23(36(38,39)40)16-41-34(45-32)43-25-15-24(37)22(14-27(25)55-2)31(52)42-20-8-11-49(12-9-20)18-21-6-7-28(47-46-21)50-13-10-29(51)44-35(50)54/h3-7,14-16,20H,8-13,17-18H2,1-2H3,(H,42,52)(H,41,43,45)(H,44,51,54). The minimum absolute atomic E-state index is 0.0200. The summed E-state index contributed by atoms with van der Waals surface area (Å²) in [6.07, 6.45) is -3.12. The van der Waals surface area contributed by atoms with Crippen LogP contribution in [0.3, 0.4) is 0 Å². The molecule has 0 spiro atoms. The molecule has 0 radical (unpaired) electrons. The van der Waals surface area contributed by atoms with Crippen molar-refractivity contribution >= 4 is 41.2 Å². The number of piperidine rings is 1. The Balaban J connectivity index is 0.987. The molecule has 56 heavy (non-hydrogen) atoms. The molecule has 0 saturated carbocycles. The highest BCUT2D eigenvalue weighted by atomic mass is 19.4. The van der Waals surface area contributed by atoms with E-state index in [4.69, 9.17) is 9.47 Å². The van der Waals surface area contributed by atoms with Gasteiger partial charge < -0.3 is 25.0 Å². The van der Waals surface area contributed by atoms with Crippen LogP contribution in [0, 0.1) is 5.82 Å². The van der Waals surface area contributed by atoms with Crippen LogP contribution in [-0.2, 0) is 24.1 Å². The normalized spacial score (nSPS) is 16.4. The van der Waals surface area contributed by atoms with Crippen LogP contribution in [0.25, 0.3) is 0 Å². The molecule has 0 aliphatic carbocycles. The molecule has 0 unspecified atom stereocenters. The summed E-state index contributed by atoms with van der Waals surface area (Å²) < 4.78 is 68.4. The van der Waals surface area contributed by atoms with Gasteiger partial charge in [-0.25, -0.2) is 14.2 Å². The number of anilines is 3. The molecule has 2 aromatic heterocycles. The highest BCUT2D eigenvalue weighted by Crippen LogP contribution is 2.40. The van der Waals surface area contributed by atoms with Crippen LogP contribution in [0.4, 0.5) is 39.8 Å². The van der Waals surface area contributed by atoms with E-state index >= 15 is 4.39 Å². The van der Waals surface area contributed by atoms with Crippen LogP contribution < -0.4 is 30.3 Å². The molecule has 2 saturated heterocycles. The van der Waals surface area contributed by atoms with E-state index < -0.39 is 47.2 Å². The maximum Gasteiger partial charge on any atom is 0.423 e. The quantitative estimate of drug-likeness (QED) is 0.193. The number of methoxy groups -OCH3 is 1. The Bertz CT molecular complexity index is 2200. The molecule has 20 heteroatoms. The second-order valence-electron chi connectivity index (χ2n) is 13.3. The number of hydrogen-bond donors (Lipinski definition) is 3. The number of urea groups is 1. The number of aromatic nitrogens is 4. The first kappa shape index (κ1) is 37.9. The van der Waals surface area contributed by atoms with Crippen molar-refractivity contribution in [2.24, 2.45) is 0 Å². The topological polar surface area (TPSA) is 184 Å². The number of imide groups is 1. The van der Waals surface area contributed by atoms with Crippen LogP contribution in [0.5, 0.6) is 17.4 Å². The zero-order valence-corrected chi connectivity index (χ0v) is 29.9. The summed E-state index contributed by atoms with van der Waals surface area (Å²) in [4.78, 5) is 62.0. The number of nitrogens with one attached hydrogen (secondary N) is 3. The van der Waals surface area contributed by atoms with Crippen molar-refractivity contribution < 1.29 is 46.2 Å². The molecule has 4 aromatic rings. The third-order valence-electron chi connectivity index (χ3n) is 9.47. The van der Waals surface area contributed by atoms with E-state index in [-0.39, 0.29) is 59.8 Å². The molecule has 3 aliphatic heterocycles. The highest BCUT2D eigenvalue weighted by Gasteiger charge is 2.38. The maximum absolute atomic E-state index is 15.5. The SMILES string of the molecule is COc1cc(C(=O)NC2CCN(Cc3ccc(N4CCC(=O)NC4=O)nn3)CC2)c(F)cc1Nc1ncc(C(F)(F)F)c(Oc2cccc3c2C(=O)N(C)C3)n1. The molecule has 292 valence electrons. The van der Waals surface area contributed by atoms with Gasteiger partial charge in [-0.3, -0.25) is 29.5 Å². The largest absolute Gasteiger partial charge is 0.495 e. The van der Waals surface area contributed by atoms with E-state index in [1.54, 1.807) is 31.3 Å². The average Bonchev–Trinajstić information content (AvgIpc) is 3.45. The Morgan fingerprint density at radius 2 is 1.82 bits per heavy atom. The van der Waals surface area contributed by atoms with Crippen LogP contribution in [0.1, 0.15) is 56.8 Å². The number of halogens is 4. The fraction of sp³-hybridized carbons (Fsp3) is 0.333. The number of amides is 5. The number of benzene rings is 2. The third-order valence-corrected chi connectivity index (χ3v) is 9.47. The Hall–Kier alpha value is -6.44. The molecule has 3 N–H and O–H groups in total. The van der Waals surface area contributed by atoms with E-state index in [2.05, 4.69) is 41.0 Å². The molecule has 16 nitrogen and oxygen atoms in total. The Morgan fingerprint density at radius 1 is 1.04 bits per heavy atom. The Labute approximate surface area is 316 Å². The fourth-order valence-electron chi connectivity index (χ4n) is 6.56. The summed E-state index contributed by atoms with van der Waals surface area (Å²) in [5, 5.41) is 16.1. The smallest absolute Gasteiger partial charge is 0.423 e. The van der Waals surface area contributed by atoms with Crippen LogP contribution in [0.2, 0.25) is 0 Å². The first-order chi connectivity index (χ1) is 26.8. The molecular formula is C36H34F4N10O6. The lowest BCUT2D eigenvalue weighted by molar-refractivity contribution is -0.139. The third kappa shape index (κ3) is 7.99. The van der Waals surface area contributed by atoms with E-state index in [1.807, 2.05) is 0 Å². The van der Waals surface area contributed by atoms with Crippen molar-refractivity contribution in [1.29, 1.82) is 0 Å². The van der Waals surface area contributed by atoms with Gasteiger partial charge in [-0.1, -0.05) is 12.1 Å². The van der Waals surface area contributed by atoms with Gasteiger partial charge in [-0.15, -0.1) is 5.10 Å². The predicted octanol–water partition coefficient (Wildman–Crippen LogP) is 4.40. The van der Waals surface area contributed by atoms with Crippen molar-refractivity contribution in [2.45, 2.75) is 44.6 Å². The van der Waals surface area contributed by atoms with E-state index in [0.717, 1.165) is 12.1 Å². The first-order valence-electron chi connectivity index (χ1n) is 17.4. The average molecular weight is 779 g/mol. The summed E-state index contributed by atoms with van der Waals surface area (Å²) in [6.45, 7) is 2.14. The van der Waals surface area contributed by atoms with Gasteiger partial charge >= 0.3 is 12.2 Å². The minimum atomic E-state index is -4.91. The van der Waals surface area contributed by atoms with Gasteiger partial charge in [0.25, 0.3) is 11.8 Å². The summed E-state index contributed by atoms with van der Waals surface area (Å²) >= 11 is 0. The van der Waals surface area contributed by atoms with Gasteiger partial charge in [0, 0.05) is 64.5 Å². The maximum atomic E-state index is 15.5. The van der Waals surface area contributed by atoms with Gasteiger partial charge in [0.05, 0.1) is 29.6 Å². The van der Waals surface area contributed by atoms with E-state index in [9.17, 15) is 32.3 Å². The molecular weight excluding hydrogens is 744 g/mol. The number of likely N-dealkylation sites (tertiary alicyclic amines) is 1. The Morgan fingerprint density at radius 3 is 2.52 bits per heavy atom. The van der Waals surface area contributed by atoms with E-state index in [0.29, 0.717) is 55.7 Å². The molecule has 2 fully saturated rings. The molecule has 0 bridgehead atoms. The molecule has 5 heterocycles. The minimum Gasteiger partial charge on any atom is -0.495 e. The van der Waals surface area contributed by atoms with Crippen LogP contribution in [0.15, 0.2) is 48.7 Å². The lowest BCUT2D eigenvalue weighted by atomic mass is 10.0. The lowest BCUT2D eigenvalue weighted by Gasteiger charge is -2.32. The van der Waals surface area contributed by atoms with Crippen molar-refractivity contribution in [1.82, 2.24) is 40.6 Å². The predicted molar refractivity (Wildman–Crippen MR) is 189 cm³/mol. The number of ether oxygens (including phenoxy) is 2. The second-order valence-corrected chi connectivity index (χ2v) is 13.3. The number of carbonyl (C=O) groups is 4. The second kappa shape index (κ2) is 15.4. The number of alkyl halides is 3. The summed E-state index contributed by atoms with van der Waals surface area (Å²) in [5.74, 6) is -3.50. The zero-order valence-electron chi connectivity index (χ0n) is 29.9. The molecule has 0 atom stereocenters. The lowest BCUT2D eigenvalue weighted by Crippen LogP contribution is -2.50. The van der Waals surface area contributed by atoms with Gasteiger partial charge in [-0.2, -0.15) is 23.3 Å². The van der Waals surface area contributed by atoms with Crippen LogP contribution >= 0.6 is 0 Å². The summed E-state index contributed by atoms with van der Waals surface area (Å²) in [5.41, 5.74) is -0.341. The summed E-state index contributed by atoms with van der Waals surface area (Å²) in [6, 6.07) is 9.28. The molecule has 3 aliphatic rings. The van der Waals surface area contributed by atoms with Crippen molar-refractivity contribution in [3.05, 3.63) is 82.4 Å². The van der Waals surface area contributed by atoms with Gasteiger partial charge in [0.15, 0.2) is 5.82 Å². The highest BCUT2D eigenvalue weighted by molar-refractivity contribution is 6.05. The zero-order chi connectivity index (χ0) is 39.7. The van der Waals surface area contributed by atoms with Crippen molar-refractivity contribution in [2.75, 3.05) is 44.0 Å². The molecule has 5 amide bonds.